The molecule has 35 heavy (non-hydrogen) atoms. The maximum atomic E-state index is 13.1. The van der Waals surface area contributed by atoms with Gasteiger partial charge in [0.1, 0.15) is 6.54 Å². The molecule has 0 bridgehead atoms. The number of aromatic nitrogens is 1. The van der Waals surface area contributed by atoms with Gasteiger partial charge in [0.05, 0.1) is 22.2 Å². The van der Waals surface area contributed by atoms with Crippen molar-refractivity contribution in [1.82, 2.24) is 8.87 Å². The van der Waals surface area contributed by atoms with Gasteiger partial charge in [-0.2, -0.15) is 9.30 Å². The fourth-order valence-electron chi connectivity index (χ4n) is 4.23. The number of thiazole rings is 1. The van der Waals surface area contributed by atoms with Gasteiger partial charge in [-0.3, -0.25) is 9.59 Å². The van der Waals surface area contributed by atoms with Crippen molar-refractivity contribution in [2.24, 2.45) is 10.9 Å². The predicted octanol–water partition coefficient (Wildman–Crippen LogP) is 3.67. The molecule has 0 unspecified atom stereocenters. The first kappa shape index (κ1) is 25.6. The molecular weight excluding hydrogens is 510 g/mol. The van der Waals surface area contributed by atoms with Gasteiger partial charge in [-0.15, -0.1) is 0 Å². The molecule has 1 aromatic heterocycles. The third kappa shape index (κ3) is 5.35. The van der Waals surface area contributed by atoms with Gasteiger partial charge in [0.25, 0.3) is 5.91 Å². The second-order valence-electron chi connectivity index (χ2n) is 8.56. The highest BCUT2D eigenvalue weighted by Crippen LogP contribution is 2.26. The molecule has 8 nitrogen and oxygen atoms in total. The zero-order valence-corrected chi connectivity index (χ0v) is 22.0. The highest BCUT2D eigenvalue weighted by Gasteiger charge is 2.32. The Morgan fingerprint density at radius 3 is 2.43 bits per heavy atom. The molecule has 186 valence electrons. The van der Waals surface area contributed by atoms with Crippen LogP contribution in [0.2, 0.25) is 5.02 Å². The van der Waals surface area contributed by atoms with E-state index in [1.165, 1.54) is 34.9 Å². The largest absolute Gasteiger partial charge is 0.468 e. The quantitative estimate of drug-likeness (QED) is 0.464. The van der Waals surface area contributed by atoms with Gasteiger partial charge in [0.2, 0.25) is 10.0 Å². The van der Waals surface area contributed by atoms with Crippen LogP contribution >= 0.6 is 22.9 Å². The lowest BCUT2D eigenvalue weighted by atomic mass is 9.98. The number of piperidine rings is 1. The first-order valence-electron chi connectivity index (χ1n) is 11.1. The smallest absolute Gasteiger partial charge is 0.325 e. The van der Waals surface area contributed by atoms with E-state index in [9.17, 15) is 18.0 Å². The van der Waals surface area contributed by atoms with E-state index in [-0.39, 0.29) is 30.4 Å². The summed E-state index contributed by atoms with van der Waals surface area (Å²) in [5.74, 6) is -1.14. The number of carbonyl (C=O) groups excluding carboxylic acids is 2. The van der Waals surface area contributed by atoms with E-state index in [1.54, 1.807) is 16.7 Å². The third-order valence-corrected chi connectivity index (χ3v) is 9.48. The summed E-state index contributed by atoms with van der Waals surface area (Å²) in [5.41, 5.74) is 2.91. The molecule has 1 aliphatic heterocycles. The van der Waals surface area contributed by atoms with E-state index in [1.807, 2.05) is 26.0 Å². The van der Waals surface area contributed by atoms with Crippen LogP contribution in [0.4, 0.5) is 0 Å². The summed E-state index contributed by atoms with van der Waals surface area (Å²) in [6, 6.07) is 10.1. The van der Waals surface area contributed by atoms with Crippen molar-refractivity contribution in [2.45, 2.75) is 38.1 Å². The fraction of sp³-hybridized carbons (Fsp3) is 0.375. The first-order chi connectivity index (χ1) is 16.6. The zero-order valence-electron chi connectivity index (χ0n) is 19.7. The van der Waals surface area contributed by atoms with Crippen molar-refractivity contribution in [1.29, 1.82) is 0 Å². The van der Waals surface area contributed by atoms with E-state index < -0.39 is 21.9 Å². The van der Waals surface area contributed by atoms with E-state index in [0.717, 1.165) is 21.3 Å². The normalized spacial score (nSPS) is 16.1. The summed E-state index contributed by atoms with van der Waals surface area (Å²) < 4.78 is 34.8. The van der Waals surface area contributed by atoms with Crippen molar-refractivity contribution in [3.8, 4) is 0 Å². The Hall–Kier alpha value is -2.53. The second kappa shape index (κ2) is 10.2. The number of ether oxygens (including phenoxy) is 1. The van der Waals surface area contributed by atoms with Crippen molar-refractivity contribution in [3.63, 3.8) is 0 Å². The monoisotopic (exact) mass is 535 g/mol. The van der Waals surface area contributed by atoms with Gasteiger partial charge in [-0.1, -0.05) is 29.0 Å². The van der Waals surface area contributed by atoms with Crippen molar-refractivity contribution < 1.29 is 22.7 Å². The molecular formula is C24H26ClN3O5S2. The van der Waals surface area contributed by atoms with Gasteiger partial charge in [-0.05, 0) is 68.1 Å². The Balaban J connectivity index is 1.58. The van der Waals surface area contributed by atoms with Gasteiger partial charge < -0.3 is 9.30 Å². The van der Waals surface area contributed by atoms with E-state index >= 15 is 0 Å². The van der Waals surface area contributed by atoms with E-state index in [2.05, 4.69) is 4.99 Å². The number of aryl methyl sites for hydroxylation is 2. The maximum Gasteiger partial charge on any atom is 0.325 e. The van der Waals surface area contributed by atoms with Crippen LogP contribution in [-0.2, 0) is 30.9 Å². The molecule has 0 aliphatic carbocycles. The minimum Gasteiger partial charge on any atom is -0.468 e. The predicted molar refractivity (Wildman–Crippen MR) is 135 cm³/mol. The molecule has 3 aromatic rings. The molecule has 0 N–H and O–H groups in total. The lowest BCUT2D eigenvalue weighted by molar-refractivity contribution is -0.141. The summed E-state index contributed by atoms with van der Waals surface area (Å²) in [6.45, 7) is 4.36. The van der Waals surface area contributed by atoms with Gasteiger partial charge in [0, 0.05) is 24.0 Å². The van der Waals surface area contributed by atoms with Crippen LogP contribution in [0.5, 0.6) is 0 Å². The number of hydrogen-bond donors (Lipinski definition) is 0. The molecule has 0 saturated carbocycles. The lowest BCUT2D eigenvalue weighted by Gasteiger charge is -2.29. The Kier molecular flexibility index (Phi) is 7.46. The van der Waals surface area contributed by atoms with Crippen molar-refractivity contribution >= 4 is 55.1 Å². The number of hydrogen-bond acceptors (Lipinski definition) is 6. The molecule has 1 aliphatic rings. The van der Waals surface area contributed by atoms with Crippen LogP contribution in [0, 0.1) is 19.8 Å². The number of sulfonamides is 1. The van der Waals surface area contributed by atoms with Gasteiger partial charge in [0.15, 0.2) is 4.80 Å². The van der Waals surface area contributed by atoms with Crippen LogP contribution < -0.4 is 4.80 Å². The molecule has 0 spiro atoms. The maximum absolute atomic E-state index is 13.1. The summed E-state index contributed by atoms with van der Waals surface area (Å²) in [5, 5.41) is 0.464. The molecule has 1 fully saturated rings. The summed E-state index contributed by atoms with van der Waals surface area (Å²) in [7, 11) is -2.34. The van der Waals surface area contributed by atoms with Gasteiger partial charge in [-0.25, -0.2) is 8.42 Å². The minimum atomic E-state index is -3.66. The number of fused-ring (bicyclic) bond motifs is 1. The SMILES string of the molecule is COC(=O)Cn1c(=NC(=O)C2CCN(S(=O)(=O)c3ccc(Cl)cc3)CC2)sc2c(C)cc(C)cc21. The summed E-state index contributed by atoms with van der Waals surface area (Å²) >= 11 is 7.23. The Morgan fingerprint density at radius 2 is 1.80 bits per heavy atom. The van der Waals surface area contributed by atoms with Crippen LogP contribution in [-0.4, -0.2) is 49.4 Å². The van der Waals surface area contributed by atoms with Crippen LogP contribution in [0.15, 0.2) is 46.3 Å². The molecule has 1 amide bonds. The molecule has 4 rings (SSSR count). The topological polar surface area (TPSA) is 98.0 Å². The Labute approximate surface area is 212 Å². The van der Waals surface area contributed by atoms with Crippen LogP contribution in [0.3, 0.4) is 0 Å². The molecule has 11 heteroatoms. The number of rotatable bonds is 5. The first-order valence-corrected chi connectivity index (χ1v) is 13.8. The molecule has 2 heterocycles. The Morgan fingerprint density at radius 1 is 1.14 bits per heavy atom. The number of esters is 1. The Bertz CT molecular complexity index is 1450. The zero-order chi connectivity index (χ0) is 25.3. The minimum absolute atomic E-state index is 0.0523. The van der Waals surface area contributed by atoms with Crippen LogP contribution in [0.1, 0.15) is 24.0 Å². The second-order valence-corrected chi connectivity index (χ2v) is 11.9. The average molecular weight is 536 g/mol. The lowest BCUT2D eigenvalue weighted by Crippen LogP contribution is -2.40. The summed E-state index contributed by atoms with van der Waals surface area (Å²) in [4.78, 5) is 30.2. The number of benzene rings is 2. The third-order valence-electron chi connectivity index (χ3n) is 6.09. The van der Waals surface area contributed by atoms with Gasteiger partial charge >= 0.3 is 5.97 Å². The number of halogens is 1. The molecule has 0 atom stereocenters. The number of carbonyl (C=O) groups is 2. The fourth-order valence-corrected chi connectivity index (χ4v) is 6.91. The van der Waals surface area contributed by atoms with E-state index in [4.69, 9.17) is 16.3 Å². The number of amides is 1. The standard InChI is InChI=1S/C24H26ClN3O5S2/c1-15-12-16(2)22-20(13-15)28(14-21(29)33-3)24(34-22)26-23(30)17-8-10-27(11-9-17)35(31,32)19-6-4-18(25)5-7-19/h4-7,12-13,17H,8-11,14H2,1-3H3. The average Bonchev–Trinajstić information content (AvgIpc) is 3.16. The molecule has 2 aromatic carbocycles. The number of methoxy groups -OCH3 is 1. The highest BCUT2D eigenvalue weighted by molar-refractivity contribution is 7.89. The molecule has 1 saturated heterocycles. The van der Waals surface area contributed by atoms with E-state index in [0.29, 0.717) is 22.7 Å². The molecule has 0 radical (unpaired) electrons. The van der Waals surface area contributed by atoms with Crippen LogP contribution in [0.25, 0.3) is 10.2 Å². The summed E-state index contributed by atoms with van der Waals surface area (Å²) in [6.07, 6.45) is 0.740. The van der Waals surface area contributed by atoms with Crippen molar-refractivity contribution in [2.75, 3.05) is 20.2 Å². The van der Waals surface area contributed by atoms with Crippen molar-refractivity contribution in [3.05, 3.63) is 57.3 Å². The highest BCUT2D eigenvalue weighted by atomic mass is 35.5. The number of nitrogens with zero attached hydrogens (tertiary/aromatic N) is 3.